The number of aliphatic hydroxyl groups is 1. The second-order valence-electron chi connectivity index (χ2n) is 16.7. The number of rotatable bonds is 40. The number of aliphatic hydroxyl groups excluding tert-OH is 1. The van der Waals surface area contributed by atoms with Crippen molar-refractivity contribution in [3.63, 3.8) is 0 Å². The minimum Gasteiger partial charge on any atom is -0.466 e. The molecule has 0 aromatic carbocycles. The zero-order chi connectivity index (χ0) is 39.3. The molecule has 1 amide bonds. The van der Waals surface area contributed by atoms with Gasteiger partial charge in [-0.1, -0.05) is 175 Å². The highest BCUT2D eigenvalue weighted by Gasteiger charge is 2.38. The Morgan fingerprint density at radius 3 is 1.54 bits per heavy atom. The van der Waals surface area contributed by atoms with E-state index in [1.807, 2.05) is 4.90 Å². The largest absolute Gasteiger partial charge is 0.466 e. The second-order valence-corrected chi connectivity index (χ2v) is 16.7. The Morgan fingerprint density at radius 1 is 0.574 bits per heavy atom. The van der Waals surface area contributed by atoms with Crippen LogP contribution in [0.15, 0.2) is 0 Å². The van der Waals surface area contributed by atoms with E-state index in [-0.39, 0.29) is 29.9 Å². The van der Waals surface area contributed by atoms with Gasteiger partial charge < -0.3 is 19.5 Å². The number of likely N-dealkylation sites (tertiary alicyclic amines) is 1. The number of amides is 1. The van der Waals surface area contributed by atoms with Crippen LogP contribution in [0.1, 0.15) is 245 Å². The van der Waals surface area contributed by atoms with Crippen molar-refractivity contribution in [2.75, 3.05) is 19.7 Å². The normalized spacial score (nSPS) is 15.8. The zero-order valence-corrected chi connectivity index (χ0v) is 36.0. The summed E-state index contributed by atoms with van der Waals surface area (Å²) in [5.41, 5.74) is 0. The summed E-state index contributed by atoms with van der Waals surface area (Å²) in [6.45, 7) is 8.42. The van der Waals surface area contributed by atoms with Gasteiger partial charge in [0.2, 0.25) is 5.91 Å². The first-order chi connectivity index (χ1) is 26.4. The average Bonchev–Trinajstić information content (AvgIpc) is 3.43. The van der Waals surface area contributed by atoms with Crippen molar-refractivity contribution < 1.29 is 29.0 Å². The fourth-order valence-corrected chi connectivity index (χ4v) is 7.93. The highest BCUT2D eigenvalue weighted by atomic mass is 16.5. The Labute approximate surface area is 334 Å². The van der Waals surface area contributed by atoms with Gasteiger partial charge in [0.15, 0.2) is 0 Å². The number of hydrogen-bond acceptors (Lipinski definition) is 6. The summed E-state index contributed by atoms with van der Waals surface area (Å²) in [6.07, 6.45) is 38.3. The lowest BCUT2D eigenvalue weighted by Crippen LogP contribution is -2.28. The number of unbranched alkanes of at least 4 members (excludes halogenated alkanes) is 25. The summed E-state index contributed by atoms with van der Waals surface area (Å²) in [5.74, 6) is -0.296. The van der Waals surface area contributed by atoms with Gasteiger partial charge in [-0.25, -0.2) is 0 Å². The van der Waals surface area contributed by atoms with E-state index in [9.17, 15) is 19.5 Å². The number of hydrogen-bond donors (Lipinski definition) is 1. The first-order valence-corrected chi connectivity index (χ1v) is 23.7. The van der Waals surface area contributed by atoms with Gasteiger partial charge in [0.25, 0.3) is 0 Å². The number of ether oxygens (including phenoxy) is 2. The molecule has 0 spiro atoms. The Balaban J connectivity index is 2.10. The van der Waals surface area contributed by atoms with E-state index < -0.39 is 6.10 Å². The molecule has 1 fully saturated rings. The van der Waals surface area contributed by atoms with Gasteiger partial charge in [-0.3, -0.25) is 14.4 Å². The van der Waals surface area contributed by atoms with Gasteiger partial charge in [0.05, 0.1) is 18.6 Å². The number of nitrogens with zero attached hydrogens (tertiary/aromatic N) is 1. The molecule has 2 atom stereocenters. The van der Waals surface area contributed by atoms with Crippen LogP contribution in [0.2, 0.25) is 0 Å². The van der Waals surface area contributed by atoms with Crippen molar-refractivity contribution in [2.45, 2.75) is 258 Å². The van der Waals surface area contributed by atoms with Crippen LogP contribution in [-0.4, -0.2) is 59.8 Å². The molecule has 7 nitrogen and oxygen atoms in total. The van der Waals surface area contributed by atoms with Crippen molar-refractivity contribution in [1.29, 1.82) is 0 Å². The predicted molar refractivity (Wildman–Crippen MR) is 226 cm³/mol. The van der Waals surface area contributed by atoms with Crippen molar-refractivity contribution in [3.05, 3.63) is 0 Å². The van der Waals surface area contributed by atoms with Gasteiger partial charge in [-0.05, 0) is 57.8 Å². The molecule has 0 aromatic rings. The van der Waals surface area contributed by atoms with Crippen LogP contribution in [0.4, 0.5) is 0 Å². The molecule has 0 saturated carbocycles. The molecule has 0 bridgehead atoms. The fourth-order valence-electron chi connectivity index (χ4n) is 7.93. The van der Waals surface area contributed by atoms with E-state index >= 15 is 0 Å². The molecule has 0 radical (unpaired) electrons. The molecule has 1 saturated heterocycles. The molecule has 1 heterocycles. The molecule has 0 aromatic heterocycles. The van der Waals surface area contributed by atoms with Gasteiger partial charge in [0, 0.05) is 25.9 Å². The highest BCUT2D eigenvalue weighted by Crippen LogP contribution is 2.26. The molecule has 54 heavy (non-hydrogen) atoms. The summed E-state index contributed by atoms with van der Waals surface area (Å²) in [4.78, 5) is 39.6. The third kappa shape index (κ3) is 28.7. The standard InChI is InChI=1S/C47H89NO6/c1-4-7-10-13-16-17-18-26-33-40-53-45(50)37-30-24-25-32-39-48-41-44(49)43(47(48)52)36-29-22-19-23-31-38-46(51)54-42(34-27-20-14-11-8-5-2)35-28-21-15-12-9-6-3/h42-44,49H,4-41H2,1-3H3. The monoisotopic (exact) mass is 764 g/mol. The topological polar surface area (TPSA) is 93.1 Å². The average molecular weight is 764 g/mol. The van der Waals surface area contributed by atoms with Crippen molar-refractivity contribution in [1.82, 2.24) is 4.90 Å². The lowest BCUT2D eigenvalue weighted by molar-refractivity contribution is -0.150. The number of carbonyl (C=O) groups excluding carboxylic acids is 3. The molecule has 1 aliphatic heterocycles. The van der Waals surface area contributed by atoms with E-state index in [2.05, 4.69) is 20.8 Å². The molecule has 1 rings (SSSR count). The van der Waals surface area contributed by atoms with Crippen LogP contribution in [0, 0.1) is 5.92 Å². The molecule has 1 N–H and O–H groups in total. The highest BCUT2D eigenvalue weighted by molar-refractivity contribution is 5.81. The fraction of sp³-hybridized carbons (Fsp3) is 0.936. The lowest BCUT2D eigenvalue weighted by atomic mass is 9.97. The molecule has 2 unspecified atom stereocenters. The SMILES string of the molecule is CCCCCCCCCCCOC(=O)CCCCCCN1CC(O)C(CCCCCCCC(=O)OC(CCCCCCCC)CCCCCCCC)C1=O. The minimum absolute atomic E-state index is 0.0289. The maximum absolute atomic E-state index is 13.0. The van der Waals surface area contributed by atoms with Gasteiger partial charge in [0.1, 0.15) is 6.10 Å². The number of β-amino-alcohol motifs (C(OH)–C–C–N with tert-alkyl or cyclic N) is 1. The van der Waals surface area contributed by atoms with Gasteiger partial charge >= 0.3 is 11.9 Å². The van der Waals surface area contributed by atoms with Crippen LogP contribution in [-0.2, 0) is 23.9 Å². The Bertz CT molecular complexity index is 864. The maximum atomic E-state index is 13.0. The van der Waals surface area contributed by atoms with Crippen LogP contribution in [0.25, 0.3) is 0 Å². The van der Waals surface area contributed by atoms with Crippen LogP contribution in [0.3, 0.4) is 0 Å². The van der Waals surface area contributed by atoms with Crippen LogP contribution < -0.4 is 0 Å². The second kappa shape index (κ2) is 37.0. The maximum Gasteiger partial charge on any atom is 0.306 e. The molecule has 318 valence electrons. The summed E-state index contributed by atoms with van der Waals surface area (Å²) in [6, 6.07) is 0. The van der Waals surface area contributed by atoms with Crippen molar-refractivity contribution in [2.24, 2.45) is 5.92 Å². The van der Waals surface area contributed by atoms with Gasteiger partial charge in [-0.2, -0.15) is 0 Å². The van der Waals surface area contributed by atoms with Crippen molar-refractivity contribution in [3.8, 4) is 0 Å². The van der Waals surface area contributed by atoms with E-state index in [4.69, 9.17) is 9.47 Å². The third-order valence-electron chi connectivity index (χ3n) is 11.5. The summed E-state index contributed by atoms with van der Waals surface area (Å²) >= 11 is 0. The first kappa shape index (κ1) is 50.4. The van der Waals surface area contributed by atoms with E-state index in [0.29, 0.717) is 32.5 Å². The van der Waals surface area contributed by atoms with E-state index in [0.717, 1.165) is 103 Å². The van der Waals surface area contributed by atoms with E-state index in [1.165, 1.54) is 109 Å². The lowest BCUT2D eigenvalue weighted by Gasteiger charge is -2.18. The minimum atomic E-state index is -0.575. The van der Waals surface area contributed by atoms with Gasteiger partial charge in [-0.15, -0.1) is 0 Å². The van der Waals surface area contributed by atoms with Crippen LogP contribution in [0.5, 0.6) is 0 Å². The molecular formula is C47H89NO6. The van der Waals surface area contributed by atoms with Crippen LogP contribution >= 0.6 is 0 Å². The van der Waals surface area contributed by atoms with Crippen molar-refractivity contribution >= 4 is 17.8 Å². The molecular weight excluding hydrogens is 675 g/mol. The Kier molecular flexibility index (Phi) is 34.5. The zero-order valence-electron chi connectivity index (χ0n) is 36.0. The molecule has 1 aliphatic rings. The molecule has 7 heteroatoms. The molecule has 0 aliphatic carbocycles. The Morgan fingerprint density at radius 2 is 1.00 bits per heavy atom. The summed E-state index contributed by atoms with van der Waals surface area (Å²) < 4.78 is 11.4. The van der Waals surface area contributed by atoms with E-state index in [1.54, 1.807) is 0 Å². The third-order valence-corrected chi connectivity index (χ3v) is 11.5. The quantitative estimate of drug-likeness (QED) is 0.0493. The predicted octanol–water partition coefficient (Wildman–Crippen LogP) is 13.0. The number of esters is 2. The number of carbonyl (C=O) groups is 3. The summed E-state index contributed by atoms with van der Waals surface area (Å²) in [7, 11) is 0. The summed E-state index contributed by atoms with van der Waals surface area (Å²) in [5, 5.41) is 10.6. The first-order valence-electron chi connectivity index (χ1n) is 23.7. The Hall–Kier alpha value is -1.63. The smallest absolute Gasteiger partial charge is 0.306 e.